The van der Waals surface area contributed by atoms with Crippen molar-refractivity contribution < 1.29 is 53.4 Å². The van der Waals surface area contributed by atoms with Crippen LogP contribution in [0.3, 0.4) is 0 Å². The van der Waals surface area contributed by atoms with Crippen LogP contribution in [0.5, 0.6) is 0 Å². The van der Waals surface area contributed by atoms with Crippen LogP contribution in [0.2, 0.25) is 0 Å². The number of ether oxygens (including phenoxy) is 1. The van der Waals surface area contributed by atoms with Crippen LogP contribution in [-0.4, -0.2) is 42.7 Å². The third kappa shape index (κ3) is 3.93. The molecule has 0 aliphatic heterocycles. The molecule has 2 nitrogen and oxygen atoms in total. The zero-order chi connectivity index (χ0) is 20.8. The van der Waals surface area contributed by atoms with Gasteiger partial charge < -0.3 is 4.74 Å². The Hall–Kier alpha value is -1.75. The van der Waals surface area contributed by atoms with Crippen molar-refractivity contribution in [3.63, 3.8) is 0 Å². The van der Waals surface area contributed by atoms with Gasteiger partial charge in [0, 0.05) is 11.5 Å². The van der Waals surface area contributed by atoms with E-state index in [9.17, 15) is 48.7 Å². The molecule has 0 saturated heterocycles. The Bertz CT molecular complexity index is 653. The highest BCUT2D eigenvalue weighted by atomic mass is 19.3. The van der Waals surface area contributed by atoms with Crippen LogP contribution in [0.25, 0.3) is 0 Å². The number of allylic oxidation sites excluding steroid dienone is 3. The normalized spacial score (nSPS) is 23.1. The Balaban J connectivity index is 2.03. The third-order valence-corrected chi connectivity index (χ3v) is 4.27. The largest absolute Gasteiger partial charge is 0.456 e. The summed E-state index contributed by atoms with van der Waals surface area (Å²) in [4.78, 5) is 11.7. The molecule has 27 heavy (non-hydrogen) atoms. The molecule has 0 aromatic heterocycles. The lowest BCUT2D eigenvalue weighted by atomic mass is 9.99. The lowest BCUT2D eigenvalue weighted by molar-refractivity contribution is -0.310. The fourth-order valence-electron chi connectivity index (χ4n) is 2.69. The van der Waals surface area contributed by atoms with Crippen molar-refractivity contribution in [3.8, 4) is 0 Å². The molecule has 0 heterocycles. The Morgan fingerprint density at radius 3 is 2.04 bits per heavy atom. The van der Waals surface area contributed by atoms with Gasteiger partial charge in [0.15, 0.2) is 6.61 Å². The molecule has 12 heteroatoms. The first-order chi connectivity index (χ1) is 12.1. The Labute approximate surface area is 145 Å². The SMILES string of the molecule is O=C(OCC(F)(F)C(F)(F)CC(F)(F)C(F)(F)C(F)F)C1=CC2C=CC1C2. The maximum Gasteiger partial charge on any atom is 0.369 e. The molecular formula is C15H12F10O2. The second-order valence-corrected chi connectivity index (χ2v) is 6.30. The number of fused-ring (bicyclic) bond motifs is 2. The van der Waals surface area contributed by atoms with Crippen molar-refractivity contribution >= 4 is 5.97 Å². The smallest absolute Gasteiger partial charge is 0.369 e. The second kappa shape index (κ2) is 6.69. The molecule has 2 aliphatic rings. The number of alkyl halides is 10. The molecule has 154 valence electrons. The average Bonchev–Trinajstić information content (AvgIpc) is 3.14. The fourth-order valence-corrected chi connectivity index (χ4v) is 2.69. The number of esters is 1. The summed E-state index contributed by atoms with van der Waals surface area (Å²) in [5.41, 5.74) is -0.0730. The Kier molecular flexibility index (Phi) is 5.34. The molecule has 2 bridgehead atoms. The molecule has 0 radical (unpaired) electrons. The van der Waals surface area contributed by atoms with E-state index >= 15 is 0 Å². The van der Waals surface area contributed by atoms with Crippen molar-refractivity contribution in [1.82, 2.24) is 0 Å². The predicted molar refractivity (Wildman–Crippen MR) is 70.2 cm³/mol. The molecule has 2 unspecified atom stereocenters. The van der Waals surface area contributed by atoms with Crippen LogP contribution >= 0.6 is 0 Å². The minimum Gasteiger partial charge on any atom is -0.456 e. The number of hydrogen-bond donors (Lipinski definition) is 0. The van der Waals surface area contributed by atoms with Crippen LogP contribution < -0.4 is 0 Å². The Morgan fingerprint density at radius 1 is 1.00 bits per heavy atom. The highest BCUT2D eigenvalue weighted by molar-refractivity contribution is 5.90. The first-order valence-electron chi connectivity index (χ1n) is 7.47. The van der Waals surface area contributed by atoms with Crippen LogP contribution in [0.1, 0.15) is 12.8 Å². The molecule has 0 aromatic rings. The average molecular weight is 414 g/mol. The Morgan fingerprint density at radius 2 is 1.59 bits per heavy atom. The van der Waals surface area contributed by atoms with Gasteiger partial charge >= 0.3 is 36.1 Å². The van der Waals surface area contributed by atoms with Gasteiger partial charge in [0.2, 0.25) is 0 Å². The van der Waals surface area contributed by atoms with Crippen molar-refractivity contribution in [2.75, 3.05) is 6.61 Å². The molecule has 2 atom stereocenters. The summed E-state index contributed by atoms with van der Waals surface area (Å²) < 4.78 is 133. The standard InChI is InChI=1S/C15H12F10O2/c16-11(17)15(24,25)13(20,21)5-12(18,19)14(22,23)6-27-10(26)9-4-7-1-2-8(9)3-7/h1-2,4,7-8,11H,3,5-6H2. The lowest BCUT2D eigenvalue weighted by Crippen LogP contribution is -2.54. The summed E-state index contributed by atoms with van der Waals surface area (Å²) in [7, 11) is 0. The summed E-state index contributed by atoms with van der Waals surface area (Å²) in [6.07, 6.45) is -3.49. The molecule has 2 rings (SSSR count). The van der Waals surface area contributed by atoms with Gasteiger partial charge in [0.25, 0.3) is 0 Å². The van der Waals surface area contributed by atoms with Gasteiger partial charge in [0.05, 0.1) is 6.42 Å². The zero-order valence-corrected chi connectivity index (χ0v) is 13.2. The van der Waals surface area contributed by atoms with E-state index in [0.29, 0.717) is 6.42 Å². The fraction of sp³-hybridized carbons (Fsp3) is 0.667. The van der Waals surface area contributed by atoms with Gasteiger partial charge in [0.1, 0.15) is 0 Å². The maximum absolute atomic E-state index is 13.5. The predicted octanol–water partition coefficient (Wildman–Crippen LogP) is 4.86. The first kappa shape index (κ1) is 21.5. The summed E-state index contributed by atoms with van der Waals surface area (Å²) >= 11 is 0. The van der Waals surface area contributed by atoms with Gasteiger partial charge in [-0.2, -0.15) is 35.1 Å². The molecule has 0 amide bonds. The molecule has 0 aromatic carbocycles. The molecule has 0 spiro atoms. The van der Waals surface area contributed by atoms with Crippen molar-refractivity contribution in [1.29, 1.82) is 0 Å². The van der Waals surface area contributed by atoms with E-state index in [1.807, 2.05) is 0 Å². The number of carbonyl (C=O) groups is 1. The van der Waals surface area contributed by atoms with Crippen LogP contribution in [0, 0.1) is 11.8 Å². The number of rotatable bonds is 8. The molecule has 0 fully saturated rings. The number of hydrogen-bond acceptors (Lipinski definition) is 2. The topological polar surface area (TPSA) is 26.3 Å². The van der Waals surface area contributed by atoms with Crippen LogP contribution in [0.4, 0.5) is 43.9 Å². The number of halogens is 10. The minimum absolute atomic E-state index is 0.0730. The van der Waals surface area contributed by atoms with E-state index in [1.54, 1.807) is 12.2 Å². The molecule has 0 N–H and O–H groups in total. The summed E-state index contributed by atoms with van der Waals surface area (Å²) in [5, 5.41) is 0. The van der Waals surface area contributed by atoms with E-state index in [4.69, 9.17) is 0 Å². The van der Waals surface area contributed by atoms with E-state index in [1.165, 1.54) is 6.08 Å². The third-order valence-electron chi connectivity index (χ3n) is 4.27. The molecule has 2 aliphatic carbocycles. The van der Waals surface area contributed by atoms with Gasteiger partial charge in [-0.25, -0.2) is 13.6 Å². The second-order valence-electron chi connectivity index (χ2n) is 6.30. The maximum atomic E-state index is 13.5. The highest BCUT2D eigenvalue weighted by Gasteiger charge is 2.70. The van der Waals surface area contributed by atoms with Gasteiger partial charge in [-0.15, -0.1) is 0 Å². The summed E-state index contributed by atoms with van der Waals surface area (Å²) in [5.74, 6) is -25.7. The van der Waals surface area contributed by atoms with Gasteiger partial charge in [-0.05, 0) is 12.3 Å². The quantitative estimate of drug-likeness (QED) is 0.322. The zero-order valence-electron chi connectivity index (χ0n) is 13.2. The van der Waals surface area contributed by atoms with Crippen molar-refractivity contribution in [2.24, 2.45) is 11.8 Å². The minimum atomic E-state index is -6.25. The van der Waals surface area contributed by atoms with E-state index in [2.05, 4.69) is 4.74 Å². The van der Waals surface area contributed by atoms with E-state index in [-0.39, 0.29) is 11.5 Å². The van der Waals surface area contributed by atoms with Gasteiger partial charge in [-0.3, -0.25) is 0 Å². The molecule has 0 saturated carbocycles. The lowest BCUT2D eigenvalue weighted by Gasteiger charge is -2.32. The highest BCUT2D eigenvalue weighted by Crippen LogP contribution is 2.49. The monoisotopic (exact) mass is 414 g/mol. The van der Waals surface area contributed by atoms with E-state index < -0.39 is 55.0 Å². The first-order valence-corrected chi connectivity index (χ1v) is 7.47. The van der Waals surface area contributed by atoms with Gasteiger partial charge in [-0.1, -0.05) is 18.2 Å². The summed E-state index contributed by atoms with van der Waals surface area (Å²) in [6, 6.07) is 0. The van der Waals surface area contributed by atoms with E-state index in [0.717, 1.165) is 0 Å². The van der Waals surface area contributed by atoms with Crippen LogP contribution in [0.15, 0.2) is 23.8 Å². The summed E-state index contributed by atoms with van der Waals surface area (Å²) in [6.45, 7) is -2.38. The van der Waals surface area contributed by atoms with Crippen molar-refractivity contribution in [2.45, 2.75) is 43.0 Å². The van der Waals surface area contributed by atoms with Crippen LogP contribution in [-0.2, 0) is 9.53 Å². The molecular weight excluding hydrogens is 402 g/mol. The van der Waals surface area contributed by atoms with Crippen molar-refractivity contribution in [3.05, 3.63) is 23.8 Å². The number of carbonyl (C=O) groups excluding carboxylic acids is 1.